The van der Waals surface area contributed by atoms with E-state index in [9.17, 15) is 0 Å². The lowest BCUT2D eigenvalue weighted by Crippen LogP contribution is -2.37. The van der Waals surface area contributed by atoms with Gasteiger partial charge in [0, 0.05) is 12.6 Å². The summed E-state index contributed by atoms with van der Waals surface area (Å²) in [4.78, 5) is 2.70. The summed E-state index contributed by atoms with van der Waals surface area (Å²) >= 11 is 0. The van der Waals surface area contributed by atoms with Crippen LogP contribution in [0.1, 0.15) is 46.0 Å². The van der Waals surface area contributed by atoms with Crippen molar-refractivity contribution < 1.29 is 0 Å². The van der Waals surface area contributed by atoms with E-state index in [0.29, 0.717) is 0 Å². The predicted molar refractivity (Wildman–Crippen MR) is 69.6 cm³/mol. The van der Waals surface area contributed by atoms with E-state index in [-0.39, 0.29) is 0 Å². The molecule has 2 nitrogen and oxygen atoms in total. The summed E-state index contributed by atoms with van der Waals surface area (Å²) in [5, 5.41) is 3.52. The Hall–Kier alpha value is -0.0800. The SMILES string of the molecule is CC(C)N(CCC1CCCNC1)CC1CC1. The smallest absolute Gasteiger partial charge is 0.00387 e. The van der Waals surface area contributed by atoms with Gasteiger partial charge >= 0.3 is 0 Å². The van der Waals surface area contributed by atoms with Gasteiger partial charge in [0.1, 0.15) is 0 Å². The van der Waals surface area contributed by atoms with Crippen LogP contribution in [0, 0.1) is 11.8 Å². The molecule has 1 aliphatic carbocycles. The van der Waals surface area contributed by atoms with Gasteiger partial charge in [-0.1, -0.05) is 0 Å². The van der Waals surface area contributed by atoms with Gasteiger partial charge in [-0.3, -0.25) is 0 Å². The molecule has 1 saturated carbocycles. The summed E-state index contributed by atoms with van der Waals surface area (Å²) in [5.41, 5.74) is 0. The third-order valence-corrected chi connectivity index (χ3v) is 4.14. The van der Waals surface area contributed by atoms with Crippen LogP contribution >= 0.6 is 0 Å². The summed E-state index contributed by atoms with van der Waals surface area (Å²) in [6, 6.07) is 0.733. The molecule has 2 heteroatoms. The minimum absolute atomic E-state index is 0.733. The first-order valence-corrected chi connectivity index (χ1v) is 7.20. The molecule has 0 spiro atoms. The van der Waals surface area contributed by atoms with Crippen LogP contribution in [-0.4, -0.2) is 37.1 Å². The van der Waals surface area contributed by atoms with Gasteiger partial charge in [0.15, 0.2) is 0 Å². The number of hydrogen-bond donors (Lipinski definition) is 1. The minimum Gasteiger partial charge on any atom is -0.316 e. The minimum atomic E-state index is 0.733. The Morgan fingerprint density at radius 3 is 2.56 bits per heavy atom. The number of hydrogen-bond acceptors (Lipinski definition) is 2. The molecule has 0 amide bonds. The third kappa shape index (κ3) is 4.06. The number of nitrogens with zero attached hydrogens (tertiary/aromatic N) is 1. The van der Waals surface area contributed by atoms with Gasteiger partial charge in [-0.15, -0.1) is 0 Å². The Morgan fingerprint density at radius 1 is 1.19 bits per heavy atom. The second-order valence-corrected chi connectivity index (χ2v) is 6.03. The summed E-state index contributed by atoms with van der Waals surface area (Å²) < 4.78 is 0. The molecule has 1 saturated heterocycles. The van der Waals surface area contributed by atoms with Crippen molar-refractivity contribution in [2.45, 2.75) is 52.0 Å². The Morgan fingerprint density at radius 2 is 2.00 bits per heavy atom. The van der Waals surface area contributed by atoms with E-state index >= 15 is 0 Å². The highest BCUT2D eigenvalue weighted by molar-refractivity contribution is 4.79. The van der Waals surface area contributed by atoms with Crippen molar-refractivity contribution in [2.24, 2.45) is 11.8 Å². The van der Waals surface area contributed by atoms with Crippen molar-refractivity contribution in [2.75, 3.05) is 26.2 Å². The van der Waals surface area contributed by atoms with Gasteiger partial charge < -0.3 is 10.2 Å². The second-order valence-electron chi connectivity index (χ2n) is 6.03. The Labute approximate surface area is 101 Å². The Balaban J connectivity index is 1.67. The second kappa shape index (κ2) is 6.02. The molecule has 94 valence electrons. The van der Waals surface area contributed by atoms with Gasteiger partial charge in [0.05, 0.1) is 0 Å². The fourth-order valence-corrected chi connectivity index (χ4v) is 2.71. The van der Waals surface area contributed by atoms with E-state index in [4.69, 9.17) is 0 Å². The highest BCUT2D eigenvalue weighted by Crippen LogP contribution is 2.30. The molecular formula is C14H28N2. The zero-order valence-corrected chi connectivity index (χ0v) is 11.0. The molecule has 2 aliphatic rings. The molecule has 0 aromatic carbocycles. The highest BCUT2D eigenvalue weighted by Gasteiger charge is 2.25. The van der Waals surface area contributed by atoms with E-state index in [1.54, 1.807) is 0 Å². The van der Waals surface area contributed by atoms with Crippen molar-refractivity contribution in [1.29, 1.82) is 0 Å². The standard InChI is InChI=1S/C14H28N2/c1-12(2)16(11-14-5-6-14)9-7-13-4-3-8-15-10-13/h12-15H,3-11H2,1-2H3. The van der Waals surface area contributed by atoms with Crippen LogP contribution in [0.15, 0.2) is 0 Å². The number of piperidine rings is 1. The van der Waals surface area contributed by atoms with Crippen molar-refractivity contribution in [3.05, 3.63) is 0 Å². The molecule has 2 rings (SSSR count). The van der Waals surface area contributed by atoms with Gasteiger partial charge in [-0.25, -0.2) is 0 Å². The maximum atomic E-state index is 3.52. The fraction of sp³-hybridized carbons (Fsp3) is 1.00. The van der Waals surface area contributed by atoms with Crippen LogP contribution < -0.4 is 5.32 Å². The Kier molecular flexibility index (Phi) is 4.66. The van der Waals surface area contributed by atoms with Gasteiger partial charge in [0.25, 0.3) is 0 Å². The van der Waals surface area contributed by atoms with Crippen molar-refractivity contribution >= 4 is 0 Å². The molecular weight excluding hydrogens is 196 g/mol. The lowest BCUT2D eigenvalue weighted by Gasteiger charge is -2.30. The third-order valence-electron chi connectivity index (χ3n) is 4.14. The van der Waals surface area contributed by atoms with Gasteiger partial charge in [-0.2, -0.15) is 0 Å². The van der Waals surface area contributed by atoms with Crippen LogP contribution in [-0.2, 0) is 0 Å². The fourth-order valence-electron chi connectivity index (χ4n) is 2.71. The maximum Gasteiger partial charge on any atom is 0.00387 e. The van der Waals surface area contributed by atoms with E-state index in [1.807, 2.05) is 0 Å². The summed E-state index contributed by atoms with van der Waals surface area (Å²) in [6.45, 7) is 9.88. The van der Waals surface area contributed by atoms with Crippen molar-refractivity contribution in [3.8, 4) is 0 Å². The molecule has 1 atom stereocenters. The average molecular weight is 224 g/mol. The molecule has 0 bridgehead atoms. The van der Waals surface area contributed by atoms with Crippen LogP contribution in [0.3, 0.4) is 0 Å². The number of rotatable bonds is 6. The van der Waals surface area contributed by atoms with Gasteiger partial charge in [-0.05, 0) is 77.4 Å². The molecule has 1 N–H and O–H groups in total. The first-order valence-electron chi connectivity index (χ1n) is 7.20. The molecule has 0 aromatic rings. The summed E-state index contributed by atoms with van der Waals surface area (Å²) in [7, 11) is 0. The zero-order chi connectivity index (χ0) is 11.4. The largest absolute Gasteiger partial charge is 0.316 e. The van der Waals surface area contributed by atoms with Crippen LogP contribution in [0.2, 0.25) is 0 Å². The molecule has 2 fully saturated rings. The topological polar surface area (TPSA) is 15.3 Å². The molecule has 16 heavy (non-hydrogen) atoms. The predicted octanol–water partition coefficient (Wildman–Crippen LogP) is 2.50. The van der Waals surface area contributed by atoms with E-state index in [0.717, 1.165) is 17.9 Å². The number of nitrogens with one attached hydrogen (secondary N) is 1. The van der Waals surface area contributed by atoms with Crippen LogP contribution in [0.5, 0.6) is 0 Å². The lowest BCUT2D eigenvalue weighted by atomic mass is 9.96. The Bertz CT molecular complexity index is 193. The van der Waals surface area contributed by atoms with Crippen molar-refractivity contribution in [1.82, 2.24) is 10.2 Å². The van der Waals surface area contributed by atoms with E-state index < -0.39 is 0 Å². The van der Waals surface area contributed by atoms with E-state index in [2.05, 4.69) is 24.1 Å². The summed E-state index contributed by atoms with van der Waals surface area (Å²) in [6.07, 6.45) is 7.19. The molecule has 1 unspecified atom stereocenters. The average Bonchev–Trinajstić information content (AvgIpc) is 3.09. The van der Waals surface area contributed by atoms with Gasteiger partial charge in [0.2, 0.25) is 0 Å². The van der Waals surface area contributed by atoms with Crippen molar-refractivity contribution in [3.63, 3.8) is 0 Å². The van der Waals surface area contributed by atoms with Crippen LogP contribution in [0.25, 0.3) is 0 Å². The quantitative estimate of drug-likeness (QED) is 0.746. The van der Waals surface area contributed by atoms with Crippen LogP contribution in [0.4, 0.5) is 0 Å². The monoisotopic (exact) mass is 224 g/mol. The molecule has 1 heterocycles. The molecule has 1 aliphatic heterocycles. The first kappa shape index (κ1) is 12.4. The molecule has 0 radical (unpaired) electrons. The zero-order valence-electron chi connectivity index (χ0n) is 11.0. The molecule has 0 aromatic heterocycles. The van der Waals surface area contributed by atoms with E-state index in [1.165, 1.54) is 58.3 Å². The highest BCUT2D eigenvalue weighted by atomic mass is 15.1. The first-order chi connectivity index (χ1) is 7.75. The summed E-state index contributed by atoms with van der Waals surface area (Å²) in [5.74, 6) is 1.97. The lowest BCUT2D eigenvalue weighted by molar-refractivity contribution is 0.189. The normalized spacial score (nSPS) is 26.6. The maximum absolute atomic E-state index is 3.52.